The standard InChI is InChI=1S/C12H24O2Si/c1-3-13-15(14-4-2,12-9-10-12)11-7-5-6-8-11/h11-12H,3-10H2,1-2H3. The van der Waals surface area contributed by atoms with Crippen LogP contribution < -0.4 is 0 Å². The molecule has 0 aromatic rings. The smallest absolute Gasteiger partial charge is 0.344 e. The summed E-state index contributed by atoms with van der Waals surface area (Å²) in [6, 6.07) is 0. The molecule has 0 radical (unpaired) electrons. The molecule has 2 nitrogen and oxygen atoms in total. The third-order valence-corrected chi connectivity index (χ3v) is 8.72. The first kappa shape index (κ1) is 11.6. The highest BCUT2D eigenvalue weighted by molar-refractivity contribution is 6.71. The van der Waals surface area contributed by atoms with Crippen LogP contribution in [0, 0.1) is 0 Å². The highest BCUT2D eigenvalue weighted by Crippen LogP contribution is 2.55. The number of rotatable bonds is 6. The molecule has 0 saturated heterocycles. The van der Waals surface area contributed by atoms with E-state index in [1.807, 2.05) is 0 Å². The number of hydrogen-bond acceptors (Lipinski definition) is 2. The highest BCUT2D eigenvalue weighted by Gasteiger charge is 2.57. The van der Waals surface area contributed by atoms with Crippen molar-refractivity contribution in [3.63, 3.8) is 0 Å². The molecule has 3 heteroatoms. The van der Waals surface area contributed by atoms with Crippen LogP contribution >= 0.6 is 0 Å². The summed E-state index contributed by atoms with van der Waals surface area (Å²) in [5, 5.41) is 0. The van der Waals surface area contributed by atoms with E-state index < -0.39 is 8.56 Å². The minimum Gasteiger partial charge on any atom is -0.394 e. The fraction of sp³-hybridized carbons (Fsp3) is 1.00. The SMILES string of the molecule is CCO[Si](OCC)(C1CCCC1)C1CC1. The van der Waals surface area contributed by atoms with E-state index in [0.29, 0.717) is 0 Å². The molecule has 0 aromatic heterocycles. The lowest BCUT2D eigenvalue weighted by molar-refractivity contribution is 0.170. The van der Waals surface area contributed by atoms with Gasteiger partial charge in [-0.15, -0.1) is 0 Å². The van der Waals surface area contributed by atoms with Crippen LogP contribution in [-0.2, 0) is 8.85 Å². The van der Waals surface area contributed by atoms with Crippen LogP contribution in [0.4, 0.5) is 0 Å². The summed E-state index contributed by atoms with van der Waals surface area (Å²) < 4.78 is 12.4. The first-order valence-electron chi connectivity index (χ1n) is 6.61. The molecular formula is C12H24O2Si. The van der Waals surface area contributed by atoms with Crippen molar-refractivity contribution in [2.75, 3.05) is 13.2 Å². The van der Waals surface area contributed by atoms with E-state index in [4.69, 9.17) is 8.85 Å². The van der Waals surface area contributed by atoms with Crippen LogP contribution in [0.1, 0.15) is 52.4 Å². The van der Waals surface area contributed by atoms with Gasteiger partial charge in [0.05, 0.1) is 0 Å². The maximum atomic E-state index is 6.19. The van der Waals surface area contributed by atoms with Gasteiger partial charge in [-0.05, 0) is 39.5 Å². The fourth-order valence-electron chi connectivity index (χ4n) is 3.11. The summed E-state index contributed by atoms with van der Waals surface area (Å²) in [6.07, 6.45) is 8.25. The molecule has 2 fully saturated rings. The highest BCUT2D eigenvalue weighted by atomic mass is 28.4. The van der Waals surface area contributed by atoms with Gasteiger partial charge in [-0.2, -0.15) is 0 Å². The Morgan fingerprint density at radius 3 is 1.73 bits per heavy atom. The molecule has 0 spiro atoms. The average molecular weight is 228 g/mol. The molecule has 0 aromatic carbocycles. The van der Waals surface area contributed by atoms with E-state index in [1.54, 1.807) is 0 Å². The van der Waals surface area contributed by atoms with E-state index in [-0.39, 0.29) is 0 Å². The van der Waals surface area contributed by atoms with Crippen LogP contribution in [0.25, 0.3) is 0 Å². The van der Waals surface area contributed by atoms with Crippen LogP contribution in [0.15, 0.2) is 0 Å². The van der Waals surface area contributed by atoms with Gasteiger partial charge >= 0.3 is 8.56 Å². The van der Waals surface area contributed by atoms with Crippen molar-refractivity contribution in [2.45, 2.75) is 63.5 Å². The molecule has 2 rings (SSSR count). The lowest BCUT2D eigenvalue weighted by Gasteiger charge is -2.35. The molecule has 2 aliphatic carbocycles. The normalized spacial score (nSPS) is 23.6. The second kappa shape index (κ2) is 4.98. The van der Waals surface area contributed by atoms with Crippen LogP contribution in [-0.4, -0.2) is 21.8 Å². The van der Waals surface area contributed by atoms with Crippen molar-refractivity contribution in [1.29, 1.82) is 0 Å². The average Bonchev–Trinajstić information content (AvgIpc) is 2.94. The van der Waals surface area contributed by atoms with Gasteiger partial charge in [0.15, 0.2) is 0 Å². The van der Waals surface area contributed by atoms with Crippen molar-refractivity contribution < 1.29 is 8.85 Å². The predicted octanol–water partition coefficient (Wildman–Crippen LogP) is 3.61. The Bertz CT molecular complexity index is 192. The van der Waals surface area contributed by atoms with Gasteiger partial charge in [0.1, 0.15) is 0 Å². The zero-order valence-electron chi connectivity index (χ0n) is 10.1. The maximum absolute atomic E-state index is 6.19. The summed E-state index contributed by atoms with van der Waals surface area (Å²) in [6.45, 7) is 5.94. The first-order valence-corrected chi connectivity index (χ1v) is 8.58. The molecule has 0 N–H and O–H groups in total. The monoisotopic (exact) mass is 228 g/mol. The summed E-state index contributed by atoms with van der Waals surface area (Å²) >= 11 is 0. The molecule has 15 heavy (non-hydrogen) atoms. The minimum atomic E-state index is -1.83. The topological polar surface area (TPSA) is 18.5 Å². The molecule has 0 bridgehead atoms. The molecule has 0 atom stereocenters. The van der Waals surface area contributed by atoms with Gasteiger partial charge in [0.2, 0.25) is 0 Å². The van der Waals surface area contributed by atoms with Crippen molar-refractivity contribution >= 4 is 8.56 Å². The minimum absolute atomic E-state index is 0.796. The third kappa shape index (κ3) is 2.29. The quantitative estimate of drug-likeness (QED) is 0.647. The third-order valence-electron chi connectivity index (χ3n) is 3.81. The van der Waals surface area contributed by atoms with Gasteiger partial charge in [0.25, 0.3) is 0 Å². The Kier molecular flexibility index (Phi) is 3.86. The molecule has 0 heterocycles. The van der Waals surface area contributed by atoms with E-state index >= 15 is 0 Å². The van der Waals surface area contributed by atoms with E-state index in [1.165, 1.54) is 38.5 Å². The van der Waals surface area contributed by atoms with Crippen molar-refractivity contribution in [1.82, 2.24) is 0 Å². The Morgan fingerprint density at radius 1 is 0.867 bits per heavy atom. The second-order valence-corrected chi connectivity index (χ2v) is 8.50. The Balaban J connectivity index is 2.09. The largest absolute Gasteiger partial charge is 0.394 e. The lowest BCUT2D eigenvalue weighted by Crippen LogP contribution is -2.47. The van der Waals surface area contributed by atoms with Crippen molar-refractivity contribution in [3.8, 4) is 0 Å². The molecule has 0 amide bonds. The van der Waals surface area contributed by atoms with E-state index in [9.17, 15) is 0 Å². The summed E-state index contributed by atoms with van der Waals surface area (Å²) in [5.74, 6) is 0. The summed E-state index contributed by atoms with van der Waals surface area (Å²) in [7, 11) is -1.83. The summed E-state index contributed by atoms with van der Waals surface area (Å²) in [4.78, 5) is 0. The Labute approximate surface area is 94.6 Å². The molecule has 2 saturated carbocycles. The Morgan fingerprint density at radius 2 is 1.33 bits per heavy atom. The molecule has 0 aliphatic heterocycles. The molecule has 0 unspecified atom stereocenters. The van der Waals surface area contributed by atoms with Gasteiger partial charge in [-0.3, -0.25) is 0 Å². The van der Waals surface area contributed by atoms with Gasteiger partial charge in [-0.1, -0.05) is 12.8 Å². The number of hydrogen-bond donors (Lipinski definition) is 0. The second-order valence-electron chi connectivity index (χ2n) is 4.84. The van der Waals surface area contributed by atoms with Gasteiger partial charge < -0.3 is 8.85 Å². The van der Waals surface area contributed by atoms with Gasteiger partial charge in [0, 0.05) is 24.3 Å². The fourth-order valence-corrected chi connectivity index (χ4v) is 7.89. The lowest BCUT2D eigenvalue weighted by atomic mass is 10.4. The molecular weight excluding hydrogens is 204 g/mol. The van der Waals surface area contributed by atoms with Crippen LogP contribution in [0.5, 0.6) is 0 Å². The van der Waals surface area contributed by atoms with E-state index in [0.717, 1.165) is 24.3 Å². The first-order chi connectivity index (χ1) is 7.33. The summed E-state index contributed by atoms with van der Waals surface area (Å²) in [5.41, 5.74) is 1.62. The van der Waals surface area contributed by atoms with Crippen molar-refractivity contribution in [3.05, 3.63) is 0 Å². The maximum Gasteiger partial charge on any atom is 0.344 e. The molecule has 88 valence electrons. The Hall–Kier alpha value is 0.137. The van der Waals surface area contributed by atoms with Crippen LogP contribution in [0.3, 0.4) is 0 Å². The predicted molar refractivity (Wildman–Crippen MR) is 64.2 cm³/mol. The van der Waals surface area contributed by atoms with E-state index in [2.05, 4.69) is 13.8 Å². The van der Waals surface area contributed by atoms with Gasteiger partial charge in [-0.25, -0.2) is 0 Å². The molecule has 2 aliphatic rings. The zero-order valence-corrected chi connectivity index (χ0v) is 11.1. The van der Waals surface area contributed by atoms with Crippen LogP contribution in [0.2, 0.25) is 11.1 Å². The zero-order chi connectivity index (χ0) is 10.7. The van der Waals surface area contributed by atoms with Crippen molar-refractivity contribution in [2.24, 2.45) is 0 Å².